The van der Waals surface area contributed by atoms with Crippen LogP contribution in [0.5, 0.6) is 0 Å². The summed E-state index contributed by atoms with van der Waals surface area (Å²) in [6.07, 6.45) is 103. The van der Waals surface area contributed by atoms with E-state index in [0.717, 1.165) is 77.0 Å². The van der Waals surface area contributed by atoms with Gasteiger partial charge in [0.25, 0.3) is 0 Å². The van der Waals surface area contributed by atoms with Crippen LogP contribution in [0.4, 0.5) is 0 Å². The van der Waals surface area contributed by atoms with Crippen molar-refractivity contribution in [2.24, 2.45) is 5.73 Å². The van der Waals surface area contributed by atoms with E-state index in [4.69, 9.17) is 24.3 Å². The van der Waals surface area contributed by atoms with Gasteiger partial charge in [-0.3, -0.25) is 18.6 Å². The molecule has 0 radical (unpaired) electrons. The summed E-state index contributed by atoms with van der Waals surface area (Å²) < 4.78 is 33.3. The van der Waals surface area contributed by atoms with Gasteiger partial charge in [0, 0.05) is 19.4 Å². The van der Waals surface area contributed by atoms with Crippen molar-refractivity contribution in [2.75, 3.05) is 26.4 Å². The molecular formula is C81H148NO8P. The maximum Gasteiger partial charge on any atom is 0.472 e. The average Bonchev–Trinajstić information content (AvgIpc) is 3.71. The van der Waals surface area contributed by atoms with Crippen molar-refractivity contribution in [3.05, 3.63) is 85.1 Å². The first kappa shape index (κ1) is 88.2. The van der Waals surface area contributed by atoms with E-state index in [1.165, 1.54) is 276 Å². The van der Waals surface area contributed by atoms with Crippen molar-refractivity contribution >= 4 is 19.8 Å². The topological polar surface area (TPSA) is 134 Å². The molecule has 9 nitrogen and oxygen atoms in total. The second-order valence-electron chi connectivity index (χ2n) is 26.2. The van der Waals surface area contributed by atoms with Gasteiger partial charge in [-0.2, -0.15) is 0 Å². The molecule has 3 N–H and O–H groups in total. The summed E-state index contributed by atoms with van der Waals surface area (Å²) in [6.45, 7) is 3.68. The van der Waals surface area contributed by atoms with Crippen LogP contribution in [0.15, 0.2) is 85.1 Å². The quantitative estimate of drug-likeness (QED) is 0.0264. The standard InChI is InChI=1S/C81H148NO8P/c1-3-5-7-9-11-13-15-17-19-21-23-25-27-29-31-33-35-36-37-38-39-40-41-42-44-45-47-49-51-53-55-57-59-61-63-65-67-69-71-73-80(83)87-77-79(78-89-91(85,86)88-76-75-82)90-81(84)74-72-70-68-66-64-62-60-58-56-54-52-50-48-46-43-34-32-30-28-26-24-22-20-18-16-14-12-10-8-6-4-2/h6,8,12,14-15,17-18,20-21,23-24,26,30,32,79H,3-5,7,9-11,13,16,19,22,25,27-29,31,33-78,82H2,1-2H3,(H,85,86)/b8-6-,14-12-,17-15-,20-18-,23-21-,26-24-,32-30-. The number of nitrogens with two attached hydrogens (primary N) is 1. The minimum atomic E-state index is -4.40. The maximum atomic E-state index is 12.8. The molecule has 0 aliphatic rings. The van der Waals surface area contributed by atoms with Crippen LogP contribution in [0.2, 0.25) is 0 Å². The van der Waals surface area contributed by atoms with Crippen molar-refractivity contribution < 1.29 is 37.6 Å². The molecule has 0 aliphatic carbocycles. The Morgan fingerprint density at radius 3 is 0.901 bits per heavy atom. The molecule has 0 aromatic carbocycles. The van der Waals surface area contributed by atoms with Crippen LogP contribution in [0, 0.1) is 0 Å². The Labute approximate surface area is 564 Å². The van der Waals surface area contributed by atoms with Gasteiger partial charge in [0.2, 0.25) is 0 Å². The summed E-state index contributed by atoms with van der Waals surface area (Å²) in [7, 11) is -4.40. The lowest BCUT2D eigenvalue weighted by molar-refractivity contribution is -0.161. The predicted molar refractivity (Wildman–Crippen MR) is 395 cm³/mol. The van der Waals surface area contributed by atoms with Crippen LogP contribution in [-0.2, 0) is 32.7 Å². The molecule has 91 heavy (non-hydrogen) atoms. The summed E-state index contributed by atoms with van der Waals surface area (Å²) in [6, 6.07) is 0. The van der Waals surface area contributed by atoms with Gasteiger partial charge in [0.1, 0.15) is 6.61 Å². The van der Waals surface area contributed by atoms with E-state index in [1.54, 1.807) is 0 Å². The first-order chi connectivity index (χ1) is 44.8. The summed E-state index contributed by atoms with van der Waals surface area (Å²) in [5.41, 5.74) is 5.41. The van der Waals surface area contributed by atoms with E-state index in [0.29, 0.717) is 6.42 Å². The summed E-state index contributed by atoms with van der Waals surface area (Å²) in [5.74, 6) is -0.811. The highest BCUT2D eigenvalue weighted by molar-refractivity contribution is 7.47. The number of hydrogen-bond acceptors (Lipinski definition) is 8. The van der Waals surface area contributed by atoms with Gasteiger partial charge in [0.15, 0.2) is 6.10 Å². The summed E-state index contributed by atoms with van der Waals surface area (Å²) in [5, 5.41) is 0. The smallest absolute Gasteiger partial charge is 0.462 e. The van der Waals surface area contributed by atoms with Crippen LogP contribution < -0.4 is 5.73 Å². The number of hydrogen-bond donors (Lipinski definition) is 2. The summed E-state index contributed by atoms with van der Waals surface area (Å²) >= 11 is 0. The van der Waals surface area contributed by atoms with E-state index in [2.05, 4.69) is 98.9 Å². The third-order valence-electron chi connectivity index (χ3n) is 17.3. The van der Waals surface area contributed by atoms with E-state index < -0.39 is 26.5 Å². The highest BCUT2D eigenvalue weighted by Crippen LogP contribution is 2.43. The molecule has 0 saturated heterocycles. The molecular weight excluding hydrogens is 1150 g/mol. The maximum absolute atomic E-state index is 12.8. The second kappa shape index (κ2) is 76.2. The first-order valence-electron chi connectivity index (χ1n) is 39.1. The van der Waals surface area contributed by atoms with Crippen molar-refractivity contribution in [3.8, 4) is 0 Å². The first-order valence-corrected chi connectivity index (χ1v) is 40.6. The fraction of sp³-hybridized carbons (Fsp3) is 0.802. The molecule has 10 heteroatoms. The Kier molecular flexibility index (Phi) is 73.9. The average molecular weight is 1300 g/mol. The van der Waals surface area contributed by atoms with Crippen LogP contribution in [0.3, 0.4) is 0 Å². The fourth-order valence-electron chi connectivity index (χ4n) is 11.5. The minimum Gasteiger partial charge on any atom is -0.462 e. The highest BCUT2D eigenvalue weighted by atomic mass is 31.2. The molecule has 0 saturated carbocycles. The molecule has 530 valence electrons. The summed E-state index contributed by atoms with van der Waals surface area (Å²) in [4.78, 5) is 35.4. The Morgan fingerprint density at radius 1 is 0.341 bits per heavy atom. The number of allylic oxidation sites excluding steroid dienone is 14. The Bertz CT molecular complexity index is 1770. The van der Waals surface area contributed by atoms with Gasteiger partial charge in [-0.1, -0.05) is 369 Å². The van der Waals surface area contributed by atoms with Crippen molar-refractivity contribution in [1.29, 1.82) is 0 Å². The zero-order chi connectivity index (χ0) is 65.8. The largest absolute Gasteiger partial charge is 0.472 e. The van der Waals surface area contributed by atoms with E-state index in [-0.39, 0.29) is 38.6 Å². The van der Waals surface area contributed by atoms with Crippen molar-refractivity contribution in [3.63, 3.8) is 0 Å². The number of ether oxygens (including phenoxy) is 2. The van der Waals surface area contributed by atoms with Gasteiger partial charge in [-0.15, -0.1) is 0 Å². The molecule has 0 fully saturated rings. The fourth-order valence-corrected chi connectivity index (χ4v) is 12.3. The van der Waals surface area contributed by atoms with Gasteiger partial charge in [0.05, 0.1) is 13.2 Å². The van der Waals surface area contributed by atoms with Crippen molar-refractivity contribution in [1.82, 2.24) is 0 Å². The number of rotatable bonds is 74. The van der Waals surface area contributed by atoms with Crippen LogP contribution >= 0.6 is 7.82 Å². The van der Waals surface area contributed by atoms with Gasteiger partial charge < -0.3 is 20.1 Å². The molecule has 0 bridgehead atoms. The zero-order valence-electron chi connectivity index (χ0n) is 59.8. The molecule has 2 unspecified atom stereocenters. The van der Waals surface area contributed by atoms with E-state index in [9.17, 15) is 19.0 Å². The SMILES string of the molecule is CC/C=C\C/C=C\C/C=C\C/C=C\C/C=C\CCCCCCCCCCCCCCCCCC(=O)OC(COC(=O)CCCCCCCCCCCCCCCCCCCCCCCCCCCCC/C=C\C/C=C\CCCCCCC)COP(=O)(O)OCCN. The molecule has 0 aromatic rings. The van der Waals surface area contributed by atoms with Gasteiger partial charge in [-0.05, 0) is 89.9 Å². The lowest BCUT2D eigenvalue weighted by Gasteiger charge is -2.19. The number of phosphoric ester groups is 1. The minimum absolute atomic E-state index is 0.0532. The van der Waals surface area contributed by atoms with Crippen LogP contribution in [0.25, 0.3) is 0 Å². The predicted octanol–water partition coefficient (Wildman–Crippen LogP) is 26.1. The Hall–Kier alpha value is -2.81. The normalized spacial score (nSPS) is 13.3. The lowest BCUT2D eigenvalue weighted by atomic mass is 10.0. The third-order valence-corrected chi connectivity index (χ3v) is 18.2. The van der Waals surface area contributed by atoms with Crippen LogP contribution in [-0.4, -0.2) is 49.3 Å². The molecule has 0 aromatic heterocycles. The number of carbonyl (C=O) groups is 2. The highest BCUT2D eigenvalue weighted by Gasteiger charge is 2.26. The molecule has 0 aliphatic heterocycles. The van der Waals surface area contributed by atoms with Gasteiger partial charge >= 0.3 is 19.8 Å². The third kappa shape index (κ3) is 76.1. The number of phosphoric acid groups is 1. The molecule has 0 spiro atoms. The Balaban J connectivity index is 3.77. The number of esters is 2. The lowest BCUT2D eigenvalue weighted by Crippen LogP contribution is -2.29. The molecule has 2 atom stereocenters. The molecule has 0 amide bonds. The van der Waals surface area contributed by atoms with E-state index >= 15 is 0 Å². The second-order valence-corrected chi connectivity index (χ2v) is 27.7. The number of unbranched alkanes of at least 4 members (excludes halogenated alkanes) is 47. The molecule has 0 heterocycles. The monoisotopic (exact) mass is 1290 g/mol. The zero-order valence-corrected chi connectivity index (χ0v) is 60.7. The van der Waals surface area contributed by atoms with Gasteiger partial charge in [-0.25, -0.2) is 4.57 Å². The Morgan fingerprint density at radius 2 is 0.604 bits per heavy atom. The van der Waals surface area contributed by atoms with E-state index in [1.807, 2.05) is 0 Å². The number of carbonyl (C=O) groups excluding carboxylic acids is 2. The van der Waals surface area contributed by atoms with Crippen LogP contribution in [0.1, 0.15) is 386 Å². The molecule has 0 rings (SSSR count). The van der Waals surface area contributed by atoms with Crippen molar-refractivity contribution in [2.45, 2.75) is 392 Å².